The Balaban J connectivity index is 2.30. The maximum atomic E-state index is 10.7. The molecule has 0 aromatic heterocycles. The van der Waals surface area contributed by atoms with Crippen LogP contribution in [0.15, 0.2) is 22.7 Å². The lowest BCUT2D eigenvalue weighted by molar-refractivity contribution is 0.0185. The smallest absolute Gasteiger partial charge is 0.0976 e. The third-order valence-electron chi connectivity index (χ3n) is 4.47. The molecule has 1 aliphatic carbocycles. The van der Waals surface area contributed by atoms with Gasteiger partial charge in [0.05, 0.1) is 22.6 Å². The topological polar surface area (TPSA) is 44.0 Å². The zero-order valence-electron chi connectivity index (χ0n) is 11.6. The predicted octanol–water partition coefficient (Wildman–Crippen LogP) is 5.25. The Morgan fingerprint density at radius 1 is 1.60 bits per heavy atom. The summed E-state index contributed by atoms with van der Waals surface area (Å²) in [6.45, 7) is 2.15. The van der Waals surface area contributed by atoms with Gasteiger partial charge in [0.2, 0.25) is 0 Å². The van der Waals surface area contributed by atoms with E-state index in [0.717, 1.165) is 42.1 Å². The van der Waals surface area contributed by atoms with Crippen LogP contribution in [0.4, 0.5) is 0 Å². The minimum absolute atomic E-state index is 0.531. The number of nitriles is 1. The van der Waals surface area contributed by atoms with Crippen LogP contribution in [-0.4, -0.2) is 5.11 Å². The molecule has 3 atom stereocenters. The van der Waals surface area contributed by atoms with Crippen molar-refractivity contribution in [3.63, 3.8) is 0 Å². The summed E-state index contributed by atoms with van der Waals surface area (Å²) in [5.41, 5.74) is 0.0623. The maximum absolute atomic E-state index is 10.7. The summed E-state index contributed by atoms with van der Waals surface area (Å²) in [5, 5.41) is 21.0. The highest BCUT2D eigenvalue weighted by atomic mass is 79.9. The molecule has 0 radical (unpaired) electrons. The second-order valence-corrected chi connectivity index (χ2v) is 6.98. The van der Waals surface area contributed by atoms with Crippen LogP contribution in [0.1, 0.15) is 50.7 Å². The monoisotopic (exact) mass is 355 g/mol. The fourth-order valence-electron chi connectivity index (χ4n) is 3.19. The van der Waals surface area contributed by atoms with E-state index in [1.54, 1.807) is 6.07 Å². The normalized spacial score (nSPS) is 27.9. The van der Waals surface area contributed by atoms with Crippen molar-refractivity contribution < 1.29 is 5.11 Å². The fraction of sp³-hybridized carbons (Fsp3) is 0.562. The summed E-state index contributed by atoms with van der Waals surface area (Å²) in [4.78, 5) is 0. The first-order valence-electron chi connectivity index (χ1n) is 7.06. The van der Waals surface area contributed by atoms with Gasteiger partial charge < -0.3 is 5.11 Å². The molecule has 0 saturated heterocycles. The van der Waals surface area contributed by atoms with E-state index in [2.05, 4.69) is 28.9 Å². The summed E-state index contributed by atoms with van der Waals surface area (Å²) in [6.07, 6.45) is 4.00. The van der Waals surface area contributed by atoms with Gasteiger partial charge in [0.15, 0.2) is 0 Å². The van der Waals surface area contributed by atoms with Gasteiger partial charge in [-0.1, -0.05) is 43.9 Å². The fourth-order valence-corrected chi connectivity index (χ4v) is 3.62. The lowest BCUT2D eigenvalue weighted by atomic mass is 9.65. The molecule has 1 fully saturated rings. The number of aliphatic hydroxyl groups excluding tert-OH is 1. The molecule has 1 saturated carbocycles. The highest BCUT2D eigenvalue weighted by Gasteiger charge is 2.43. The Morgan fingerprint density at radius 3 is 2.95 bits per heavy atom. The van der Waals surface area contributed by atoms with Crippen molar-refractivity contribution in [3.05, 3.63) is 33.3 Å². The zero-order chi connectivity index (χ0) is 14.8. The van der Waals surface area contributed by atoms with E-state index in [9.17, 15) is 10.4 Å². The van der Waals surface area contributed by atoms with Gasteiger partial charge in [-0.2, -0.15) is 5.26 Å². The quantitative estimate of drug-likeness (QED) is 0.804. The number of nitrogens with zero attached hydrogens (tertiary/aromatic N) is 1. The Hall–Kier alpha value is -0.560. The zero-order valence-corrected chi connectivity index (χ0v) is 13.9. The van der Waals surface area contributed by atoms with E-state index >= 15 is 0 Å². The van der Waals surface area contributed by atoms with Crippen LogP contribution in [0.3, 0.4) is 0 Å². The average Bonchev–Trinajstić information content (AvgIpc) is 2.49. The van der Waals surface area contributed by atoms with Gasteiger partial charge in [-0.25, -0.2) is 0 Å². The molecule has 2 nitrogen and oxygen atoms in total. The van der Waals surface area contributed by atoms with Crippen LogP contribution in [0.5, 0.6) is 0 Å². The molecule has 4 heteroatoms. The van der Waals surface area contributed by atoms with Crippen molar-refractivity contribution in [2.45, 2.75) is 45.1 Å². The highest BCUT2D eigenvalue weighted by Crippen LogP contribution is 2.48. The van der Waals surface area contributed by atoms with Gasteiger partial charge in [0.1, 0.15) is 0 Å². The third-order valence-corrected chi connectivity index (χ3v) is 5.70. The second-order valence-electron chi connectivity index (χ2n) is 5.71. The van der Waals surface area contributed by atoms with Crippen molar-refractivity contribution in [2.75, 3.05) is 0 Å². The Morgan fingerprint density at radius 2 is 2.35 bits per heavy atom. The number of benzene rings is 1. The van der Waals surface area contributed by atoms with E-state index < -0.39 is 11.5 Å². The lowest BCUT2D eigenvalue weighted by Crippen LogP contribution is -2.33. The second kappa shape index (κ2) is 6.47. The number of aliphatic hydroxyl groups is 1. The minimum atomic E-state index is -0.771. The molecule has 20 heavy (non-hydrogen) atoms. The van der Waals surface area contributed by atoms with Crippen LogP contribution in [0.2, 0.25) is 5.02 Å². The molecular formula is C16H19BrClNO. The molecule has 3 unspecified atom stereocenters. The number of halogens is 2. The summed E-state index contributed by atoms with van der Waals surface area (Å²) in [5.74, 6) is 0.531. The predicted molar refractivity (Wildman–Crippen MR) is 84.4 cm³/mol. The molecule has 1 aromatic carbocycles. The summed E-state index contributed by atoms with van der Waals surface area (Å²) in [7, 11) is 0. The van der Waals surface area contributed by atoms with Gasteiger partial charge in [-0.05, 0) is 52.4 Å². The van der Waals surface area contributed by atoms with E-state index in [0.29, 0.717) is 10.9 Å². The highest BCUT2D eigenvalue weighted by molar-refractivity contribution is 9.10. The molecule has 2 rings (SSSR count). The molecule has 0 bridgehead atoms. The van der Waals surface area contributed by atoms with E-state index in [1.807, 2.05) is 12.1 Å². The molecule has 0 amide bonds. The lowest BCUT2D eigenvalue weighted by Gasteiger charge is -2.39. The van der Waals surface area contributed by atoms with Crippen LogP contribution < -0.4 is 0 Å². The number of hydrogen-bond acceptors (Lipinski definition) is 2. The molecule has 1 aromatic rings. The molecule has 1 N–H and O–H groups in total. The van der Waals surface area contributed by atoms with Gasteiger partial charge >= 0.3 is 0 Å². The van der Waals surface area contributed by atoms with Gasteiger partial charge in [-0.15, -0.1) is 0 Å². The summed E-state index contributed by atoms with van der Waals surface area (Å²) < 4.78 is 0.802. The number of hydrogen-bond donors (Lipinski definition) is 1. The van der Waals surface area contributed by atoms with Gasteiger partial charge in [-0.3, -0.25) is 0 Å². The van der Waals surface area contributed by atoms with Crippen LogP contribution in [-0.2, 0) is 0 Å². The van der Waals surface area contributed by atoms with Crippen molar-refractivity contribution >= 4 is 27.5 Å². The molecule has 108 valence electrons. The van der Waals surface area contributed by atoms with Crippen LogP contribution in [0, 0.1) is 22.7 Å². The van der Waals surface area contributed by atoms with Crippen LogP contribution >= 0.6 is 27.5 Å². The first-order valence-corrected chi connectivity index (χ1v) is 8.24. The average molecular weight is 357 g/mol. The van der Waals surface area contributed by atoms with Gasteiger partial charge in [0.25, 0.3) is 0 Å². The molecule has 1 aliphatic rings. The minimum Gasteiger partial charge on any atom is -0.387 e. The Labute approximate surface area is 133 Å². The maximum Gasteiger partial charge on any atom is 0.0976 e. The largest absolute Gasteiger partial charge is 0.387 e. The first kappa shape index (κ1) is 15.8. The SMILES string of the molecule is CCC1CCCC(C#N)(C(O)c2ccc(Br)c(Cl)c2)C1. The summed E-state index contributed by atoms with van der Waals surface area (Å²) in [6, 6.07) is 7.83. The molecule has 0 heterocycles. The van der Waals surface area contributed by atoms with E-state index in [4.69, 9.17) is 11.6 Å². The Kier molecular flexibility index (Phi) is 5.12. The summed E-state index contributed by atoms with van der Waals surface area (Å²) >= 11 is 9.45. The number of rotatable bonds is 3. The van der Waals surface area contributed by atoms with Crippen molar-refractivity contribution in [1.82, 2.24) is 0 Å². The van der Waals surface area contributed by atoms with Crippen LogP contribution in [0.25, 0.3) is 0 Å². The molecule has 0 aliphatic heterocycles. The molecular weight excluding hydrogens is 338 g/mol. The van der Waals surface area contributed by atoms with E-state index in [-0.39, 0.29) is 0 Å². The van der Waals surface area contributed by atoms with Gasteiger partial charge in [0, 0.05) is 4.47 Å². The first-order chi connectivity index (χ1) is 9.52. The van der Waals surface area contributed by atoms with Crippen molar-refractivity contribution in [2.24, 2.45) is 11.3 Å². The molecule has 0 spiro atoms. The van der Waals surface area contributed by atoms with E-state index in [1.165, 1.54) is 0 Å². The van der Waals surface area contributed by atoms with Crippen molar-refractivity contribution in [3.8, 4) is 6.07 Å². The Bertz CT molecular complexity index is 528. The van der Waals surface area contributed by atoms with Crippen molar-refractivity contribution in [1.29, 1.82) is 5.26 Å². The standard InChI is InChI=1S/C16H19BrClNO/c1-2-11-4-3-7-16(9-11,10-19)15(20)12-5-6-13(17)14(18)8-12/h5-6,8,11,15,20H,2-4,7,9H2,1H3. The third kappa shape index (κ3) is 3.03.